The molecule has 0 saturated carbocycles. The number of rotatable bonds is 5. The lowest BCUT2D eigenvalue weighted by Gasteiger charge is -2.12. The molecule has 3 rings (SSSR count). The fraction of sp³-hybridized carbons (Fsp3) is 0.143. The number of carbonyl (C=O) groups is 3. The Labute approximate surface area is 139 Å². The average Bonchev–Trinajstić information content (AvgIpc) is 3.26. The molecule has 1 aliphatic heterocycles. The number of imide groups is 1. The van der Waals surface area contributed by atoms with Crippen molar-refractivity contribution in [1.82, 2.24) is 20.4 Å². The van der Waals surface area contributed by atoms with Crippen molar-refractivity contribution in [2.75, 3.05) is 13.1 Å². The molecule has 1 aliphatic rings. The first-order chi connectivity index (χ1) is 11.1. The van der Waals surface area contributed by atoms with Crippen LogP contribution in [0.15, 0.2) is 34.7 Å². The van der Waals surface area contributed by atoms with Gasteiger partial charge in [-0.1, -0.05) is 6.07 Å². The van der Waals surface area contributed by atoms with Gasteiger partial charge in [0.05, 0.1) is 4.91 Å². The molecule has 0 atom stereocenters. The highest BCUT2D eigenvalue weighted by molar-refractivity contribution is 8.18. The Morgan fingerprint density at radius 2 is 2.26 bits per heavy atom. The quantitative estimate of drug-likeness (QED) is 0.805. The molecule has 0 bridgehead atoms. The minimum Gasteiger partial charge on any atom is -0.349 e. The van der Waals surface area contributed by atoms with Crippen molar-refractivity contribution in [1.29, 1.82) is 0 Å². The molecule has 118 valence electrons. The fourth-order valence-corrected chi connectivity index (χ4v) is 3.54. The number of nitrogens with one attached hydrogen (secondary N) is 2. The van der Waals surface area contributed by atoms with Gasteiger partial charge in [0.15, 0.2) is 0 Å². The maximum Gasteiger partial charge on any atom is 0.293 e. The Balaban J connectivity index is 1.57. The van der Waals surface area contributed by atoms with Gasteiger partial charge in [0.1, 0.15) is 5.69 Å². The molecule has 23 heavy (non-hydrogen) atoms. The zero-order valence-electron chi connectivity index (χ0n) is 11.8. The predicted octanol–water partition coefficient (Wildman–Crippen LogP) is 1.94. The van der Waals surface area contributed by atoms with Gasteiger partial charge in [-0.2, -0.15) is 5.10 Å². The smallest absolute Gasteiger partial charge is 0.293 e. The first-order valence-electron chi connectivity index (χ1n) is 6.71. The lowest BCUT2D eigenvalue weighted by Crippen LogP contribution is -2.37. The number of aromatic nitrogens is 2. The number of hydrogen-bond acceptors (Lipinski definition) is 6. The van der Waals surface area contributed by atoms with E-state index in [-0.39, 0.29) is 30.1 Å². The summed E-state index contributed by atoms with van der Waals surface area (Å²) in [5.41, 5.74) is 0.330. The van der Waals surface area contributed by atoms with E-state index in [9.17, 15) is 14.4 Å². The van der Waals surface area contributed by atoms with Crippen LogP contribution in [-0.4, -0.2) is 45.2 Å². The van der Waals surface area contributed by atoms with Crippen LogP contribution < -0.4 is 5.32 Å². The van der Waals surface area contributed by atoms with Crippen LogP contribution in [0.1, 0.15) is 15.4 Å². The number of thioether (sulfide) groups is 1. The molecule has 1 saturated heterocycles. The van der Waals surface area contributed by atoms with E-state index in [1.54, 1.807) is 12.1 Å². The standard InChI is InChI=1S/C14H12N4O3S2/c19-12(10-3-4-16-17-10)15-5-6-18-13(20)11(23-14(18)21)8-9-2-1-7-22-9/h1-4,7-8H,5-6H2,(H,15,19)(H,16,17)/b11-8+. The topological polar surface area (TPSA) is 95.2 Å². The van der Waals surface area contributed by atoms with E-state index in [4.69, 9.17) is 0 Å². The van der Waals surface area contributed by atoms with Gasteiger partial charge in [0, 0.05) is 24.2 Å². The molecular formula is C14H12N4O3S2. The van der Waals surface area contributed by atoms with Crippen LogP contribution in [0.2, 0.25) is 0 Å². The first kappa shape index (κ1) is 15.5. The fourth-order valence-electron chi connectivity index (χ4n) is 1.95. The number of nitrogens with zero attached hydrogens (tertiary/aromatic N) is 2. The van der Waals surface area contributed by atoms with E-state index in [0.717, 1.165) is 21.5 Å². The number of carbonyl (C=O) groups excluding carboxylic acids is 3. The largest absolute Gasteiger partial charge is 0.349 e. The van der Waals surface area contributed by atoms with Crippen LogP contribution in [0.3, 0.4) is 0 Å². The minimum atomic E-state index is -0.330. The van der Waals surface area contributed by atoms with Gasteiger partial charge in [-0.3, -0.25) is 24.4 Å². The number of amides is 3. The summed E-state index contributed by atoms with van der Waals surface area (Å²) in [6.07, 6.45) is 3.18. The third-order valence-electron chi connectivity index (χ3n) is 3.06. The van der Waals surface area contributed by atoms with Crippen molar-refractivity contribution in [3.8, 4) is 0 Å². The Morgan fingerprint density at radius 3 is 2.96 bits per heavy atom. The second kappa shape index (κ2) is 6.80. The predicted molar refractivity (Wildman–Crippen MR) is 87.9 cm³/mol. The van der Waals surface area contributed by atoms with E-state index >= 15 is 0 Å². The van der Waals surface area contributed by atoms with Crippen molar-refractivity contribution in [2.24, 2.45) is 0 Å². The van der Waals surface area contributed by atoms with Crippen molar-refractivity contribution in [3.05, 3.63) is 45.3 Å². The summed E-state index contributed by atoms with van der Waals surface area (Å²) in [5, 5.41) is 10.4. The molecule has 2 aromatic rings. The van der Waals surface area contributed by atoms with Crippen molar-refractivity contribution in [2.45, 2.75) is 0 Å². The van der Waals surface area contributed by atoms with Gasteiger partial charge in [-0.15, -0.1) is 11.3 Å². The molecule has 0 unspecified atom stereocenters. The molecule has 2 aromatic heterocycles. The maximum atomic E-state index is 12.2. The number of thiophene rings is 1. The summed E-state index contributed by atoms with van der Waals surface area (Å²) in [6.45, 7) is 0.314. The first-order valence-corrected chi connectivity index (χ1v) is 8.41. The zero-order valence-corrected chi connectivity index (χ0v) is 13.4. The second-order valence-corrected chi connectivity index (χ2v) is 6.55. The summed E-state index contributed by atoms with van der Waals surface area (Å²) >= 11 is 2.41. The molecular weight excluding hydrogens is 336 g/mol. The van der Waals surface area contributed by atoms with Crippen molar-refractivity contribution >= 4 is 46.2 Å². The molecule has 3 heterocycles. The molecule has 7 nitrogen and oxygen atoms in total. The maximum absolute atomic E-state index is 12.2. The summed E-state index contributed by atoms with van der Waals surface area (Å²) < 4.78 is 0. The van der Waals surface area contributed by atoms with Gasteiger partial charge in [0.2, 0.25) is 0 Å². The van der Waals surface area contributed by atoms with Crippen molar-refractivity contribution in [3.63, 3.8) is 0 Å². The SMILES string of the molecule is O=C(NCCN1C(=O)S/C(=C/c2cccs2)C1=O)c1ccn[nH]1. The number of hydrogen-bond donors (Lipinski definition) is 2. The third kappa shape index (κ3) is 3.51. The molecule has 0 radical (unpaired) electrons. The lowest BCUT2D eigenvalue weighted by atomic mass is 10.3. The van der Waals surface area contributed by atoms with Gasteiger partial charge < -0.3 is 5.32 Å². The van der Waals surface area contributed by atoms with E-state index in [1.807, 2.05) is 17.5 Å². The Morgan fingerprint density at radius 1 is 1.39 bits per heavy atom. The Hall–Kier alpha value is -2.39. The highest BCUT2D eigenvalue weighted by atomic mass is 32.2. The summed E-state index contributed by atoms with van der Waals surface area (Å²) in [6, 6.07) is 5.30. The van der Waals surface area contributed by atoms with Crippen LogP contribution in [0, 0.1) is 0 Å². The molecule has 0 aromatic carbocycles. The van der Waals surface area contributed by atoms with E-state index in [0.29, 0.717) is 10.6 Å². The highest BCUT2D eigenvalue weighted by Gasteiger charge is 2.34. The van der Waals surface area contributed by atoms with E-state index < -0.39 is 0 Å². The normalized spacial score (nSPS) is 16.3. The molecule has 9 heteroatoms. The lowest BCUT2D eigenvalue weighted by molar-refractivity contribution is -0.122. The molecule has 0 aliphatic carbocycles. The molecule has 0 spiro atoms. The Bertz CT molecular complexity index is 753. The van der Waals surface area contributed by atoms with Crippen LogP contribution >= 0.6 is 23.1 Å². The molecule has 1 fully saturated rings. The monoisotopic (exact) mass is 348 g/mol. The second-order valence-electron chi connectivity index (χ2n) is 4.57. The Kier molecular flexibility index (Phi) is 4.58. The van der Waals surface area contributed by atoms with Gasteiger partial charge >= 0.3 is 0 Å². The number of aromatic amines is 1. The van der Waals surface area contributed by atoms with Crippen molar-refractivity contribution < 1.29 is 14.4 Å². The van der Waals surface area contributed by atoms with E-state index in [1.165, 1.54) is 17.5 Å². The summed E-state index contributed by atoms with van der Waals surface area (Å²) in [7, 11) is 0. The summed E-state index contributed by atoms with van der Waals surface area (Å²) in [5.74, 6) is -0.659. The molecule has 2 N–H and O–H groups in total. The minimum absolute atomic E-state index is 0.131. The third-order valence-corrected chi connectivity index (χ3v) is 4.78. The number of H-pyrrole nitrogens is 1. The van der Waals surface area contributed by atoms with Crippen LogP contribution in [0.4, 0.5) is 4.79 Å². The van der Waals surface area contributed by atoms with Gasteiger partial charge in [-0.25, -0.2) is 0 Å². The van der Waals surface area contributed by atoms with E-state index in [2.05, 4.69) is 15.5 Å². The molecule has 3 amide bonds. The van der Waals surface area contributed by atoms with Crippen LogP contribution in [0.25, 0.3) is 6.08 Å². The average molecular weight is 348 g/mol. The van der Waals surface area contributed by atoms with Gasteiger partial charge in [0.25, 0.3) is 17.1 Å². The summed E-state index contributed by atoms with van der Waals surface area (Å²) in [4.78, 5) is 38.4. The van der Waals surface area contributed by atoms with Gasteiger partial charge in [-0.05, 0) is 35.4 Å². The van der Waals surface area contributed by atoms with Crippen LogP contribution in [0.5, 0.6) is 0 Å². The zero-order chi connectivity index (χ0) is 16.2. The van der Waals surface area contributed by atoms with Crippen LogP contribution in [-0.2, 0) is 4.79 Å². The highest BCUT2D eigenvalue weighted by Crippen LogP contribution is 2.32.